The van der Waals surface area contributed by atoms with E-state index in [1.54, 1.807) is 0 Å². The molecule has 0 aliphatic carbocycles. The highest BCUT2D eigenvalue weighted by Crippen LogP contribution is 1.57. The Morgan fingerprint density at radius 2 is 1.67 bits per heavy atom. The third-order valence-electron chi connectivity index (χ3n) is 0.289. The maximum absolute atomic E-state index is 5.03. The van der Waals surface area contributed by atoms with Crippen molar-refractivity contribution in [2.45, 2.75) is 13.3 Å². The van der Waals surface area contributed by atoms with E-state index in [-0.39, 0.29) is 34.9 Å². The number of halogens is 1. The van der Waals surface area contributed by atoms with Crippen molar-refractivity contribution >= 4 is 34.9 Å². The fourth-order valence-electron chi connectivity index (χ4n) is 0. The maximum Gasteiger partial charge on any atom is -0.00799 e. The van der Waals surface area contributed by atoms with E-state index >= 15 is 0 Å². The molecule has 0 bridgehead atoms. The molecule has 6 heavy (non-hydrogen) atoms. The minimum absolute atomic E-state index is 0. The topological polar surface area (TPSA) is 26.0 Å². The van der Waals surface area contributed by atoms with Crippen LogP contribution >= 0.6 is 24.0 Å². The molecule has 0 amide bonds. The van der Waals surface area contributed by atoms with Gasteiger partial charge in [0.2, 0.25) is 0 Å². The molecular weight excluding hydrogens is 205 g/mol. The van der Waals surface area contributed by atoms with Crippen LogP contribution in [0.15, 0.2) is 0 Å². The minimum Gasteiger partial charge on any atom is -0.330 e. The van der Waals surface area contributed by atoms with Crippen LogP contribution in [-0.4, -0.2) is 17.5 Å². The van der Waals surface area contributed by atoms with Crippen molar-refractivity contribution in [3.8, 4) is 0 Å². The van der Waals surface area contributed by atoms with Crippen LogP contribution in [0.3, 0.4) is 0 Å². The van der Waals surface area contributed by atoms with Crippen molar-refractivity contribution in [2.75, 3.05) is 6.54 Å². The van der Waals surface area contributed by atoms with Gasteiger partial charge < -0.3 is 5.73 Å². The summed E-state index contributed by atoms with van der Waals surface area (Å²) in [4.78, 5) is 0. The Balaban J connectivity index is -0.0000000450. The normalized spacial score (nSPS) is 5.00. The summed E-state index contributed by atoms with van der Waals surface area (Å²) < 4.78 is 0. The van der Waals surface area contributed by atoms with E-state index in [0.717, 1.165) is 13.0 Å². The number of hydrogen-bond acceptors (Lipinski definition) is 1. The van der Waals surface area contributed by atoms with Crippen LogP contribution in [0, 0.1) is 0 Å². The summed E-state index contributed by atoms with van der Waals surface area (Å²) in [6.45, 7) is 2.88. The van der Waals surface area contributed by atoms with E-state index in [4.69, 9.17) is 5.73 Å². The lowest BCUT2D eigenvalue weighted by Crippen LogP contribution is -1.93. The molecule has 0 spiro atoms. The first-order chi connectivity index (χ1) is 1.91. The predicted molar refractivity (Wildman–Crippen MR) is 46.1 cm³/mol. The summed E-state index contributed by atoms with van der Waals surface area (Å²) >= 11 is 0. The molecule has 0 unspecified atom stereocenters. The second-order valence-corrected chi connectivity index (χ2v) is 0.789. The Morgan fingerprint density at radius 3 is 1.67 bits per heavy atom. The van der Waals surface area contributed by atoms with E-state index < -0.39 is 0 Å². The summed E-state index contributed by atoms with van der Waals surface area (Å²) in [7, 11) is 0. The van der Waals surface area contributed by atoms with Gasteiger partial charge >= 0.3 is 0 Å². The average molecular weight is 219 g/mol. The van der Waals surface area contributed by atoms with Gasteiger partial charge in [-0.15, -0.1) is 24.0 Å². The van der Waals surface area contributed by atoms with Crippen LogP contribution in [0.4, 0.5) is 0 Å². The third kappa shape index (κ3) is 20.6. The molecule has 0 rings (SSSR count). The van der Waals surface area contributed by atoms with Crippen molar-refractivity contribution in [2.24, 2.45) is 5.73 Å². The van der Waals surface area contributed by atoms with E-state index in [0.29, 0.717) is 0 Å². The first kappa shape index (κ1) is 15.8. The van der Waals surface area contributed by atoms with Crippen molar-refractivity contribution in [3.63, 3.8) is 0 Å². The van der Waals surface area contributed by atoms with E-state index in [9.17, 15) is 0 Å². The lowest BCUT2D eigenvalue weighted by Gasteiger charge is -1.70. The van der Waals surface area contributed by atoms with Crippen LogP contribution in [0.25, 0.3) is 0 Å². The molecule has 0 aromatic heterocycles. The van der Waals surface area contributed by atoms with Crippen molar-refractivity contribution in [1.29, 1.82) is 0 Å². The van der Waals surface area contributed by atoms with E-state index in [1.165, 1.54) is 0 Å². The zero-order chi connectivity index (χ0) is 3.41. The molecule has 0 aliphatic heterocycles. The van der Waals surface area contributed by atoms with Crippen LogP contribution < -0.4 is 5.73 Å². The lowest BCUT2D eigenvalue weighted by atomic mass is 10.5. The average Bonchev–Trinajstić information content (AvgIpc) is 1.37. The highest BCUT2D eigenvalue weighted by Gasteiger charge is 1.55. The molecule has 0 aromatic carbocycles. The largest absolute Gasteiger partial charge is 0.330 e. The lowest BCUT2D eigenvalue weighted by molar-refractivity contribution is 0.932. The second kappa shape index (κ2) is 16.8. The molecule has 0 radical (unpaired) electrons. The van der Waals surface area contributed by atoms with Gasteiger partial charge in [0.05, 0.1) is 0 Å². The molecular formula is C3H14INSi. The van der Waals surface area contributed by atoms with Crippen molar-refractivity contribution in [1.82, 2.24) is 0 Å². The van der Waals surface area contributed by atoms with Gasteiger partial charge in [-0.25, -0.2) is 0 Å². The summed E-state index contributed by atoms with van der Waals surface area (Å²) in [5.41, 5.74) is 5.03. The number of hydrogen-bond donors (Lipinski definition) is 1. The summed E-state index contributed by atoms with van der Waals surface area (Å²) in [5.74, 6) is 0. The standard InChI is InChI=1S/C3H9N.HI.H4Si/c1-2-3-4;;/h2-4H2,1H3;1H;1H4. The fourth-order valence-corrected chi connectivity index (χ4v) is 0. The smallest absolute Gasteiger partial charge is 0.00799 e. The van der Waals surface area contributed by atoms with Gasteiger partial charge in [0, 0.05) is 0 Å². The Kier molecular flexibility index (Phi) is 44.3. The Labute approximate surface area is 60.7 Å². The van der Waals surface area contributed by atoms with Crippen LogP contribution in [0.1, 0.15) is 13.3 Å². The Bertz CT molecular complexity index is 12.8. The molecule has 0 aliphatic rings. The third-order valence-corrected chi connectivity index (χ3v) is 0.289. The van der Waals surface area contributed by atoms with E-state index in [2.05, 4.69) is 6.92 Å². The van der Waals surface area contributed by atoms with Gasteiger partial charge in [0.25, 0.3) is 0 Å². The van der Waals surface area contributed by atoms with Gasteiger partial charge in [-0.2, -0.15) is 0 Å². The molecule has 42 valence electrons. The molecule has 0 saturated heterocycles. The number of nitrogens with two attached hydrogens (primary N) is 1. The molecule has 0 fully saturated rings. The molecule has 3 heteroatoms. The predicted octanol–water partition coefficient (Wildman–Crippen LogP) is -0.478. The zero-order valence-electron chi connectivity index (χ0n) is 3.40. The Morgan fingerprint density at radius 1 is 1.50 bits per heavy atom. The Hall–Kier alpha value is 0.907. The fraction of sp³-hybridized carbons (Fsp3) is 1.00. The molecule has 2 N–H and O–H groups in total. The zero-order valence-corrected chi connectivity index (χ0v) is 5.73. The molecule has 0 saturated carbocycles. The molecule has 0 heterocycles. The first-order valence-electron chi connectivity index (χ1n) is 1.62. The van der Waals surface area contributed by atoms with Crippen LogP contribution in [-0.2, 0) is 0 Å². The summed E-state index contributed by atoms with van der Waals surface area (Å²) in [6, 6.07) is 0. The quantitative estimate of drug-likeness (QED) is 0.468. The maximum atomic E-state index is 5.03. The monoisotopic (exact) mass is 219 g/mol. The van der Waals surface area contributed by atoms with Crippen molar-refractivity contribution in [3.05, 3.63) is 0 Å². The van der Waals surface area contributed by atoms with Crippen LogP contribution in [0.2, 0.25) is 0 Å². The molecule has 1 nitrogen and oxygen atoms in total. The second-order valence-electron chi connectivity index (χ2n) is 0.789. The molecule has 0 atom stereocenters. The highest BCUT2D eigenvalue weighted by atomic mass is 127. The summed E-state index contributed by atoms with van der Waals surface area (Å²) in [5, 5.41) is 0. The van der Waals surface area contributed by atoms with Gasteiger partial charge in [0.15, 0.2) is 0 Å². The molecule has 0 aromatic rings. The number of rotatable bonds is 1. The van der Waals surface area contributed by atoms with E-state index in [1.807, 2.05) is 0 Å². The van der Waals surface area contributed by atoms with Gasteiger partial charge in [0.1, 0.15) is 0 Å². The van der Waals surface area contributed by atoms with Crippen molar-refractivity contribution < 1.29 is 0 Å². The van der Waals surface area contributed by atoms with Gasteiger partial charge in [-0.1, -0.05) is 6.92 Å². The van der Waals surface area contributed by atoms with Crippen LogP contribution in [0.5, 0.6) is 0 Å². The van der Waals surface area contributed by atoms with Gasteiger partial charge in [-0.3, -0.25) is 0 Å². The van der Waals surface area contributed by atoms with Gasteiger partial charge in [-0.05, 0) is 23.9 Å². The summed E-state index contributed by atoms with van der Waals surface area (Å²) in [6.07, 6.45) is 1.10. The minimum atomic E-state index is 0. The SMILES string of the molecule is CCCN.I.[SiH4]. The highest BCUT2D eigenvalue weighted by molar-refractivity contribution is 14.0. The first-order valence-corrected chi connectivity index (χ1v) is 1.62.